The summed E-state index contributed by atoms with van der Waals surface area (Å²) in [5.74, 6) is 0.0669. The molecule has 0 aliphatic rings. The maximum Gasteiger partial charge on any atom is 0.265 e. The molecule has 0 aromatic heterocycles. The lowest BCUT2D eigenvalue weighted by Gasteiger charge is -2.17. The third-order valence-corrected chi connectivity index (χ3v) is 3.34. The first-order valence-electron chi connectivity index (χ1n) is 7.12. The highest BCUT2D eigenvalue weighted by atomic mass is 16.5. The van der Waals surface area contributed by atoms with Gasteiger partial charge in [-0.3, -0.25) is 9.59 Å². The molecule has 4 heteroatoms. The van der Waals surface area contributed by atoms with Crippen LogP contribution in [0.5, 0.6) is 5.75 Å². The van der Waals surface area contributed by atoms with Gasteiger partial charge in [-0.25, -0.2) is 0 Å². The lowest BCUT2D eigenvalue weighted by atomic mass is 10.1. The molecular weight excluding hydrogens is 278 g/mol. The summed E-state index contributed by atoms with van der Waals surface area (Å²) in [6, 6.07) is 14.4. The molecule has 2 aromatic carbocycles. The van der Waals surface area contributed by atoms with Crippen molar-refractivity contribution in [3.63, 3.8) is 0 Å². The van der Waals surface area contributed by atoms with Gasteiger partial charge in [0, 0.05) is 5.69 Å². The van der Waals surface area contributed by atoms with Crippen molar-refractivity contribution in [3.8, 4) is 5.75 Å². The third kappa shape index (κ3) is 3.73. The van der Waals surface area contributed by atoms with E-state index in [4.69, 9.17) is 4.74 Å². The minimum atomic E-state index is -0.708. The number of amides is 1. The largest absolute Gasteiger partial charge is 0.480 e. The molecule has 1 N–H and O–H groups in total. The van der Waals surface area contributed by atoms with E-state index < -0.39 is 6.10 Å². The fourth-order valence-electron chi connectivity index (χ4n) is 2.05. The molecule has 0 bridgehead atoms. The molecule has 4 nitrogen and oxygen atoms in total. The van der Waals surface area contributed by atoms with Crippen molar-refractivity contribution in [1.29, 1.82) is 0 Å². The van der Waals surface area contributed by atoms with Crippen LogP contribution >= 0.6 is 0 Å². The third-order valence-electron chi connectivity index (χ3n) is 3.34. The second-order valence-electron chi connectivity index (χ2n) is 5.12. The molecule has 2 rings (SSSR count). The van der Waals surface area contributed by atoms with Gasteiger partial charge in [0.05, 0.1) is 5.56 Å². The molecular formula is C18H19NO3. The van der Waals surface area contributed by atoms with Crippen LogP contribution in [0, 0.1) is 6.92 Å². The Morgan fingerprint density at radius 3 is 2.36 bits per heavy atom. The number of ketones is 1. The van der Waals surface area contributed by atoms with E-state index in [2.05, 4.69) is 5.32 Å². The van der Waals surface area contributed by atoms with Gasteiger partial charge in [-0.15, -0.1) is 0 Å². The summed E-state index contributed by atoms with van der Waals surface area (Å²) in [6.07, 6.45) is -0.708. The number of carbonyl (C=O) groups excluding carboxylic acids is 2. The molecule has 0 saturated heterocycles. The molecule has 114 valence electrons. The van der Waals surface area contributed by atoms with Crippen LogP contribution in [0.15, 0.2) is 48.5 Å². The van der Waals surface area contributed by atoms with Crippen LogP contribution in [-0.2, 0) is 4.79 Å². The van der Waals surface area contributed by atoms with Gasteiger partial charge in [-0.1, -0.05) is 30.3 Å². The number of aryl methyl sites for hydroxylation is 1. The minimum Gasteiger partial charge on any atom is -0.480 e. The number of para-hydroxylation sites is 2. The van der Waals surface area contributed by atoms with Gasteiger partial charge < -0.3 is 10.1 Å². The monoisotopic (exact) mass is 297 g/mol. The Bertz CT molecular complexity index is 694. The molecule has 0 aliphatic carbocycles. The van der Waals surface area contributed by atoms with Crippen molar-refractivity contribution in [2.45, 2.75) is 26.9 Å². The van der Waals surface area contributed by atoms with Crippen molar-refractivity contribution < 1.29 is 14.3 Å². The minimum absolute atomic E-state index is 0.0953. The van der Waals surface area contributed by atoms with E-state index in [0.29, 0.717) is 11.3 Å². The van der Waals surface area contributed by atoms with Crippen molar-refractivity contribution in [2.24, 2.45) is 0 Å². The van der Waals surface area contributed by atoms with Gasteiger partial charge in [0.25, 0.3) is 5.91 Å². The molecule has 1 amide bonds. The lowest BCUT2D eigenvalue weighted by Crippen LogP contribution is -2.30. The summed E-state index contributed by atoms with van der Waals surface area (Å²) in [5.41, 5.74) is 2.20. The van der Waals surface area contributed by atoms with Crippen LogP contribution in [0.4, 0.5) is 5.69 Å². The molecule has 0 spiro atoms. The van der Waals surface area contributed by atoms with Crippen molar-refractivity contribution >= 4 is 17.4 Å². The van der Waals surface area contributed by atoms with Gasteiger partial charge in [0.15, 0.2) is 11.9 Å². The van der Waals surface area contributed by atoms with Crippen molar-refractivity contribution in [3.05, 3.63) is 59.7 Å². The van der Waals surface area contributed by atoms with Crippen LogP contribution in [0.1, 0.15) is 29.8 Å². The number of Topliss-reactive ketones (excluding diaryl/α,β-unsaturated/α-hetero) is 1. The predicted molar refractivity (Wildman–Crippen MR) is 86.3 cm³/mol. The highest BCUT2D eigenvalue weighted by Crippen LogP contribution is 2.20. The predicted octanol–water partition coefficient (Wildman–Crippen LogP) is 3.60. The Labute approximate surface area is 130 Å². The first kappa shape index (κ1) is 15.8. The maximum atomic E-state index is 12.2. The summed E-state index contributed by atoms with van der Waals surface area (Å²) in [5, 5.41) is 2.83. The van der Waals surface area contributed by atoms with Crippen LogP contribution in [0.3, 0.4) is 0 Å². The summed E-state index contributed by atoms with van der Waals surface area (Å²) >= 11 is 0. The number of carbonyl (C=O) groups is 2. The van der Waals surface area contributed by atoms with Gasteiger partial charge in [0.2, 0.25) is 0 Å². The van der Waals surface area contributed by atoms with E-state index >= 15 is 0 Å². The van der Waals surface area contributed by atoms with Gasteiger partial charge in [0.1, 0.15) is 5.75 Å². The number of nitrogens with one attached hydrogen (secondary N) is 1. The van der Waals surface area contributed by atoms with Crippen LogP contribution in [-0.4, -0.2) is 17.8 Å². The van der Waals surface area contributed by atoms with Crippen molar-refractivity contribution in [1.82, 2.24) is 0 Å². The highest BCUT2D eigenvalue weighted by Gasteiger charge is 2.18. The first-order valence-corrected chi connectivity index (χ1v) is 7.12. The van der Waals surface area contributed by atoms with Crippen molar-refractivity contribution in [2.75, 3.05) is 5.32 Å². The van der Waals surface area contributed by atoms with Gasteiger partial charge in [-0.2, -0.15) is 0 Å². The number of ether oxygens (including phenoxy) is 1. The zero-order valence-corrected chi connectivity index (χ0v) is 12.9. The fraction of sp³-hybridized carbons (Fsp3) is 0.222. The van der Waals surface area contributed by atoms with Gasteiger partial charge >= 0.3 is 0 Å². The Balaban J connectivity index is 2.09. The molecule has 0 saturated carbocycles. The molecule has 22 heavy (non-hydrogen) atoms. The smallest absolute Gasteiger partial charge is 0.265 e. The second kappa shape index (κ2) is 6.89. The standard InChI is InChI=1S/C18H19NO3/c1-12-8-4-6-10-16(12)19-18(21)14(3)22-17-11-7-5-9-15(17)13(2)20/h4-11,14H,1-3H3,(H,19,21). The van der Waals surface area contributed by atoms with E-state index in [1.54, 1.807) is 31.2 Å². The number of hydrogen-bond donors (Lipinski definition) is 1. The normalized spacial score (nSPS) is 11.6. The molecule has 1 atom stereocenters. The zero-order chi connectivity index (χ0) is 16.1. The maximum absolute atomic E-state index is 12.2. The average molecular weight is 297 g/mol. The van der Waals surface area contributed by atoms with E-state index in [0.717, 1.165) is 11.3 Å². The molecule has 0 aliphatic heterocycles. The van der Waals surface area contributed by atoms with E-state index in [1.807, 2.05) is 31.2 Å². The Morgan fingerprint density at radius 1 is 1.05 bits per heavy atom. The SMILES string of the molecule is CC(=O)c1ccccc1OC(C)C(=O)Nc1ccccc1C. The van der Waals surface area contributed by atoms with Crippen LogP contribution in [0.2, 0.25) is 0 Å². The molecule has 1 unspecified atom stereocenters. The number of hydrogen-bond acceptors (Lipinski definition) is 3. The lowest BCUT2D eigenvalue weighted by molar-refractivity contribution is -0.122. The summed E-state index contributed by atoms with van der Waals surface area (Å²) < 4.78 is 5.65. The van der Waals surface area contributed by atoms with Crippen LogP contribution in [0.25, 0.3) is 0 Å². The molecule has 0 radical (unpaired) electrons. The summed E-state index contributed by atoms with van der Waals surface area (Å²) in [4.78, 5) is 23.8. The molecule has 0 fully saturated rings. The Hall–Kier alpha value is -2.62. The summed E-state index contributed by atoms with van der Waals surface area (Å²) in [7, 11) is 0. The molecule has 0 heterocycles. The number of rotatable bonds is 5. The zero-order valence-electron chi connectivity index (χ0n) is 12.9. The van der Waals surface area contributed by atoms with Gasteiger partial charge in [-0.05, 0) is 44.5 Å². The van der Waals surface area contributed by atoms with E-state index in [1.165, 1.54) is 6.92 Å². The van der Waals surface area contributed by atoms with E-state index in [-0.39, 0.29) is 11.7 Å². The first-order chi connectivity index (χ1) is 10.5. The molecule has 2 aromatic rings. The fourth-order valence-corrected chi connectivity index (χ4v) is 2.05. The number of anilines is 1. The topological polar surface area (TPSA) is 55.4 Å². The van der Waals surface area contributed by atoms with Crippen LogP contribution < -0.4 is 10.1 Å². The second-order valence-corrected chi connectivity index (χ2v) is 5.12. The Kier molecular flexibility index (Phi) is 4.94. The number of benzene rings is 2. The summed E-state index contributed by atoms with van der Waals surface area (Å²) in [6.45, 7) is 5.05. The van der Waals surface area contributed by atoms with E-state index in [9.17, 15) is 9.59 Å². The highest BCUT2D eigenvalue weighted by molar-refractivity contribution is 5.97. The Morgan fingerprint density at radius 2 is 1.68 bits per heavy atom. The quantitative estimate of drug-likeness (QED) is 0.858. The average Bonchev–Trinajstić information content (AvgIpc) is 2.49.